The van der Waals surface area contributed by atoms with E-state index in [2.05, 4.69) is 10.6 Å². The zero-order valence-corrected chi connectivity index (χ0v) is 13.1. The minimum absolute atomic E-state index is 0.171. The minimum atomic E-state index is -0.171. The fourth-order valence-electron chi connectivity index (χ4n) is 3.68. The molecule has 22 heavy (non-hydrogen) atoms. The van der Waals surface area contributed by atoms with E-state index in [-0.39, 0.29) is 5.82 Å². The highest BCUT2D eigenvalue weighted by atomic mass is 32.1. The molecule has 4 rings (SSSR count). The first-order chi connectivity index (χ1) is 10.7. The Labute approximate surface area is 135 Å². The number of allylic oxidation sites excluding steroid dienone is 3. The van der Waals surface area contributed by atoms with Crippen LogP contribution in [0.1, 0.15) is 37.7 Å². The van der Waals surface area contributed by atoms with Crippen LogP contribution in [-0.2, 0) is 0 Å². The first-order valence-electron chi connectivity index (χ1n) is 7.91. The maximum absolute atomic E-state index is 13.2. The van der Waals surface area contributed by atoms with Crippen LogP contribution in [0.25, 0.3) is 5.57 Å². The standard InChI is InChI=1S/C18H18FN2S/c19-14-6-3-12(4-7-14)17-13(5-8-16(17)11-1-2-11)9-15-10-20-18(22)21-15/h3-4,6-7,10-11,13H,1-2,5,8-9H2,(H,20,22). The van der Waals surface area contributed by atoms with Crippen molar-refractivity contribution in [1.82, 2.24) is 10.6 Å². The predicted molar refractivity (Wildman–Crippen MR) is 89.3 cm³/mol. The van der Waals surface area contributed by atoms with Gasteiger partial charge in [0.25, 0.3) is 0 Å². The van der Waals surface area contributed by atoms with Gasteiger partial charge in [-0.1, -0.05) is 17.7 Å². The first-order valence-corrected chi connectivity index (χ1v) is 8.31. The van der Waals surface area contributed by atoms with Crippen molar-refractivity contribution in [1.29, 1.82) is 0 Å². The Morgan fingerprint density at radius 3 is 2.59 bits per heavy atom. The fraction of sp³-hybridized carbons (Fsp3) is 0.389. The lowest BCUT2D eigenvalue weighted by Gasteiger charge is -2.16. The molecule has 0 spiro atoms. The summed E-state index contributed by atoms with van der Waals surface area (Å²) in [5.41, 5.74) is 5.26. The molecular weight excluding hydrogens is 295 g/mol. The number of halogens is 1. The molecule has 1 fully saturated rings. The number of nitrogens with zero attached hydrogens (tertiary/aromatic N) is 1. The van der Waals surface area contributed by atoms with Crippen LogP contribution in [0.4, 0.5) is 4.39 Å². The van der Waals surface area contributed by atoms with Crippen molar-refractivity contribution < 1.29 is 4.39 Å². The quantitative estimate of drug-likeness (QED) is 0.846. The summed E-state index contributed by atoms with van der Waals surface area (Å²) in [6.07, 6.45) is 7.79. The van der Waals surface area contributed by atoms with Crippen LogP contribution >= 0.6 is 12.2 Å². The van der Waals surface area contributed by atoms with E-state index in [4.69, 9.17) is 12.2 Å². The van der Waals surface area contributed by atoms with E-state index < -0.39 is 0 Å². The molecule has 1 N–H and O–H groups in total. The molecule has 1 aromatic rings. The molecule has 1 heterocycles. The number of thiocarbonyl (C=S) groups is 1. The molecule has 0 aromatic heterocycles. The average Bonchev–Trinajstić information content (AvgIpc) is 3.15. The molecule has 1 saturated carbocycles. The SMILES string of the molecule is Fc1ccc(C2=C(C3CC3)CCC2CC2=CNC(=S)[N]2)cc1. The summed E-state index contributed by atoms with van der Waals surface area (Å²) >= 11 is 5.07. The number of hydrogen-bond donors (Lipinski definition) is 1. The Bertz CT molecular complexity index is 671. The van der Waals surface area contributed by atoms with E-state index in [0.29, 0.717) is 11.0 Å². The third-order valence-corrected chi connectivity index (χ3v) is 5.01. The van der Waals surface area contributed by atoms with E-state index in [1.807, 2.05) is 18.3 Å². The largest absolute Gasteiger partial charge is 0.336 e. The van der Waals surface area contributed by atoms with Gasteiger partial charge in [-0.3, -0.25) is 0 Å². The molecule has 1 aromatic carbocycles. The van der Waals surface area contributed by atoms with Gasteiger partial charge in [0.1, 0.15) is 5.82 Å². The highest BCUT2D eigenvalue weighted by molar-refractivity contribution is 7.80. The Morgan fingerprint density at radius 2 is 1.95 bits per heavy atom. The maximum atomic E-state index is 13.2. The van der Waals surface area contributed by atoms with E-state index >= 15 is 0 Å². The van der Waals surface area contributed by atoms with E-state index in [1.54, 1.807) is 17.7 Å². The summed E-state index contributed by atoms with van der Waals surface area (Å²) in [4.78, 5) is 0. The molecule has 113 valence electrons. The molecule has 2 aliphatic carbocycles. The van der Waals surface area contributed by atoms with E-state index in [9.17, 15) is 4.39 Å². The lowest BCUT2D eigenvalue weighted by Crippen LogP contribution is -2.16. The Hall–Kier alpha value is -1.68. The van der Waals surface area contributed by atoms with Gasteiger partial charge < -0.3 is 5.32 Å². The van der Waals surface area contributed by atoms with E-state index in [1.165, 1.54) is 30.4 Å². The minimum Gasteiger partial charge on any atom is -0.336 e. The van der Waals surface area contributed by atoms with Gasteiger partial charge in [-0.25, -0.2) is 9.71 Å². The summed E-state index contributed by atoms with van der Waals surface area (Å²) in [6.45, 7) is 0. The zero-order valence-electron chi connectivity index (χ0n) is 12.3. The maximum Gasteiger partial charge on any atom is 0.197 e. The third kappa shape index (κ3) is 2.68. The number of benzene rings is 1. The second-order valence-corrected chi connectivity index (χ2v) is 6.74. The van der Waals surface area contributed by atoms with Crippen LogP contribution < -0.4 is 10.6 Å². The zero-order chi connectivity index (χ0) is 15.1. The molecule has 1 radical (unpaired) electrons. The van der Waals surface area contributed by atoms with Crippen molar-refractivity contribution >= 4 is 22.9 Å². The lowest BCUT2D eigenvalue weighted by atomic mass is 9.89. The van der Waals surface area contributed by atoms with Crippen LogP contribution in [0.5, 0.6) is 0 Å². The topological polar surface area (TPSA) is 26.1 Å². The summed E-state index contributed by atoms with van der Waals surface area (Å²) in [5.74, 6) is 1.06. The normalized spacial score (nSPS) is 24.3. The van der Waals surface area contributed by atoms with Gasteiger partial charge in [0.05, 0.1) is 5.70 Å². The second kappa shape index (κ2) is 5.51. The number of rotatable bonds is 4. The van der Waals surface area contributed by atoms with Crippen molar-refractivity contribution in [2.24, 2.45) is 11.8 Å². The van der Waals surface area contributed by atoms with Crippen LogP contribution in [0.15, 0.2) is 41.7 Å². The predicted octanol–water partition coefficient (Wildman–Crippen LogP) is 4.12. The highest BCUT2D eigenvalue weighted by Crippen LogP contribution is 2.51. The number of nitrogens with one attached hydrogen (secondary N) is 1. The second-order valence-electron chi connectivity index (χ2n) is 6.36. The van der Waals surface area contributed by atoms with E-state index in [0.717, 1.165) is 24.5 Å². The van der Waals surface area contributed by atoms with Crippen LogP contribution in [0, 0.1) is 17.7 Å². The van der Waals surface area contributed by atoms with Crippen molar-refractivity contribution in [3.63, 3.8) is 0 Å². The van der Waals surface area contributed by atoms with Gasteiger partial charge in [0.2, 0.25) is 0 Å². The Balaban J connectivity index is 1.63. The average molecular weight is 313 g/mol. The molecule has 3 aliphatic rings. The summed E-state index contributed by atoms with van der Waals surface area (Å²) in [6, 6.07) is 6.99. The fourth-order valence-corrected chi connectivity index (χ4v) is 3.85. The van der Waals surface area contributed by atoms with Crippen molar-refractivity contribution in [3.8, 4) is 0 Å². The smallest absolute Gasteiger partial charge is 0.197 e. The van der Waals surface area contributed by atoms with Gasteiger partial charge in [0.15, 0.2) is 5.11 Å². The summed E-state index contributed by atoms with van der Waals surface area (Å²) in [7, 11) is 0. The molecular formula is C18H18FN2S. The Morgan fingerprint density at radius 1 is 1.18 bits per heavy atom. The lowest BCUT2D eigenvalue weighted by molar-refractivity contribution is 0.620. The molecule has 0 bridgehead atoms. The molecule has 1 atom stereocenters. The Kier molecular flexibility index (Phi) is 3.49. The van der Waals surface area contributed by atoms with Crippen molar-refractivity contribution in [2.45, 2.75) is 32.1 Å². The highest BCUT2D eigenvalue weighted by Gasteiger charge is 2.36. The third-order valence-electron chi connectivity index (χ3n) is 4.80. The van der Waals surface area contributed by atoms with Crippen LogP contribution in [0.3, 0.4) is 0 Å². The van der Waals surface area contributed by atoms with Gasteiger partial charge in [-0.05, 0) is 79.4 Å². The van der Waals surface area contributed by atoms with Crippen LogP contribution in [-0.4, -0.2) is 5.11 Å². The monoisotopic (exact) mass is 313 g/mol. The molecule has 0 saturated heterocycles. The van der Waals surface area contributed by atoms with Gasteiger partial charge in [0, 0.05) is 6.20 Å². The van der Waals surface area contributed by atoms with Gasteiger partial charge in [-0.15, -0.1) is 0 Å². The molecule has 2 nitrogen and oxygen atoms in total. The first kappa shape index (κ1) is 13.9. The molecule has 1 unspecified atom stereocenters. The summed E-state index contributed by atoms with van der Waals surface area (Å²) in [5, 5.41) is 7.93. The van der Waals surface area contributed by atoms with Crippen molar-refractivity contribution in [2.75, 3.05) is 0 Å². The van der Waals surface area contributed by atoms with Gasteiger partial charge in [-0.2, -0.15) is 0 Å². The molecule has 0 amide bonds. The number of hydrogen-bond acceptors (Lipinski definition) is 1. The van der Waals surface area contributed by atoms with Crippen molar-refractivity contribution in [3.05, 3.63) is 53.1 Å². The van der Waals surface area contributed by atoms with Gasteiger partial charge >= 0.3 is 0 Å². The summed E-state index contributed by atoms with van der Waals surface area (Å²) < 4.78 is 13.2. The van der Waals surface area contributed by atoms with Crippen LogP contribution in [0.2, 0.25) is 0 Å². The molecule has 1 aliphatic heterocycles. The molecule has 4 heteroatoms.